The predicted octanol–water partition coefficient (Wildman–Crippen LogP) is 3.96. The third-order valence-corrected chi connectivity index (χ3v) is 8.33. The van der Waals surface area contributed by atoms with Crippen molar-refractivity contribution in [1.29, 1.82) is 0 Å². The number of hydrogen-bond acceptors (Lipinski definition) is 6. The summed E-state index contributed by atoms with van der Waals surface area (Å²) in [6.45, 7) is 0.760. The second kappa shape index (κ2) is 8.93. The molecule has 2 unspecified atom stereocenters. The van der Waals surface area contributed by atoms with E-state index < -0.39 is 0 Å². The molecular weight excluding hydrogens is 422 g/mol. The first-order valence-corrected chi connectivity index (χ1v) is 12.3. The molecular formula is C28H35N5O. The molecule has 3 fully saturated rings. The van der Waals surface area contributed by atoms with Gasteiger partial charge in [0.05, 0.1) is 11.8 Å². The van der Waals surface area contributed by atoms with E-state index in [0.29, 0.717) is 11.5 Å². The topological polar surface area (TPSA) is 123 Å². The Bertz CT molecular complexity index is 1130. The van der Waals surface area contributed by atoms with E-state index in [1.807, 2.05) is 24.3 Å². The summed E-state index contributed by atoms with van der Waals surface area (Å²) >= 11 is 0. The van der Waals surface area contributed by atoms with Crippen LogP contribution < -0.4 is 22.5 Å². The van der Waals surface area contributed by atoms with E-state index in [1.165, 1.54) is 5.56 Å². The lowest BCUT2D eigenvalue weighted by atomic mass is 9.53. The SMILES string of the molecule is Nc1cc(C(CCNC23CCC(c4ccccc4)(CC2)CC3O)c2ccccc2)c(N)c(N)n1. The van der Waals surface area contributed by atoms with Crippen molar-refractivity contribution in [3.8, 4) is 0 Å². The maximum atomic E-state index is 11.3. The van der Waals surface area contributed by atoms with Crippen LogP contribution in [0.15, 0.2) is 66.7 Å². The van der Waals surface area contributed by atoms with Crippen molar-refractivity contribution >= 4 is 17.3 Å². The van der Waals surface area contributed by atoms with Crippen LogP contribution in [0.3, 0.4) is 0 Å². The number of nitrogens with zero attached hydrogens (tertiary/aromatic N) is 1. The van der Waals surface area contributed by atoms with E-state index in [1.54, 1.807) is 0 Å². The Kier molecular flexibility index (Phi) is 5.96. The van der Waals surface area contributed by atoms with Crippen molar-refractivity contribution < 1.29 is 5.11 Å². The lowest BCUT2D eigenvalue weighted by Gasteiger charge is -2.57. The number of pyridine rings is 1. The quantitative estimate of drug-likeness (QED) is 0.366. The van der Waals surface area contributed by atoms with Gasteiger partial charge in [0.25, 0.3) is 0 Å². The monoisotopic (exact) mass is 457 g/mol. The van der Waals surface area contributed by atoms with Crippen LogP contribution >= 0.6 is 0 Å². The Morgan fingerprint density at radius 1 is 0.941 bits per heavy atom. The van der Waals surface area contributed by atoms with Crippen LogP contribution in [0.5, 0.6) is 0 Å². The van der Waals surface area contributed by atoms with Crippen molar-refractivity contribution in [1.82, 2.24) is 10.3 Å². The maximum absolute atomic E-state index is 11.3. The summed E-state index contributed by atoms with van der Waals surface area (Å²) < 4.78 is 0. The third kappa shape index (κ3) is 4.01. The molecule has 1 aromatic heterocycles. The number of nitrogen functional groups attached to an aromatic ring is 3. The number of nitrogens with one attached hydrogen (secondary N) is 1. The largest absolute Gasteiger partial charge is 0.396 e. The summed E-state index contributed by atoms with van der Waals surface area (Å²) in [4.78, 5) is 4.12. The van der Waals surface area contributed by atoms with Gasteiger partial charge < -0.3 is 27.6 Å². The number of fused-ring (bicyclic) bond motifs is 3. The second-order valence-electron chi connectivity index (χ2n) is 10.1. The van der Waals surface area contributed by atoms with E-state index in [4.69, 9.17) is 17.2 Å². The summed E-state index contributed by atoms with van der Waals surface area (Å²) in [6.07, 6.45) is 5.45. The van der Waals surface area contributed by atoms with Gasteiger partial charge in [-0.15, -0.1) is 0 Å². The standard InChI is InChI=1S/C28H35N5O/c29-24-17-22(25(30)26(31)33-24)21(19-7-3-1-4-8-19)11-16-32-28-14-12-27(13-15-28,18-23(28)34)20-9-5-2-6-10-20/h1-10,17,21,23,32,34H,11-16,18,30H2,(H4,29,31,33). The van der Waals surface area contributed by atoms with Gasteiger partial charge in [0, 0.05) is 11.5 Å². The minimum Gasteiger partial charge on any atom is -0.396 e. The van der Waals surface area contributed by atoms with Gasteiger partial charge in [0.2, 0.25) is 0 Å². The summed E-state index contributed by atoms with van der Waals surface area (Å²) in [5.74, 6) is 0.682. The predicted molar refractivity (Wildman–Crippen MR) is 138 cm³/mol. The van der Waals surface area contributed by atoms with E-state index in [0.717, 1.165) is 56.2 Å². The van der Waals surface area contributed by atoms with E-state index in [9.17, 15) is 5.11 Å². The Hall–Kier alpha value is -3.09. The van der Waals surface area contributed by atoms with E-state index in [-0.39, 0.29) is 28.8 Å². The fourth-order valence-electron chi connectivity index (χ4n) is 6.33. The van der Waals surface area contributed by atoms with Crippen molar-refractivity contribution in [2.24, 2.45) is 0 Å². The molecule has 1 heterocycles. The zero-order valence-corrected chi connectivity index (χ0v) is 19.6. The van der Waals surface area contributed by atoms with Crippen molar-refractivity contribution in [2.45, 2.75) is 61.5 Å². The minimum atomic E-state index is -0.359. The molecule has 3 aliphatic carbocycles. The molecule has 6 rings (SSSR count). The molecule has 34 heavy (non-hydrogen) atoms. The Balaban J connectivity index is 1.33. The summed E-state index contributed by atoms with van der Waals surface area (Å²) in [7, 11) is 0. The maximum Gasteiger partial charge on any atom is 0.149 e. The molecule has 0 radical (unpaired) electrons. The lowest BCUT2D eigenvalue weighted by molar-refractivity contribution is -0.0541. The zero-order chi connectivity index (χ0) is 23.8. The van der Waals surface area contributed by atoms with Crippen LogP contribution in [0, 0.1) is 0 Å². The smallest absolute Gasteiger partial charge is 0.149 e. The number of benzene rings is 2. The van der Waals surface area contributed by atoms with Gasteiger partial charge in [-0.25, -0.2) is 4.98 Å². The molecule has 3 saturated carbocycles. The highest BCUT2D eigenvalue weighted by Crippen LogP contribution is 2.53. The number of hydrogen-bond donors (Lipinski definition) is 5. The van der Waals surface area contributed by atoms with E-state index in [2.05, 4.69) is 52.8 Å². The van der Waals surface area contributed by atoms with Gasteiger partial charge in [-0.1, -0.05) is 60.7 Å². The summed E-state index contributed by atoms with van der Waals surface area (Å²) in [6, 6.07) is 22.9. The number of nitrogens with two attached hydrogens (primary N) is 3. The van der Waals surface area contributed by atoms with Crippen LogP contribution in [0.25, 0.3) is 0 Å². The fourth-order valence-corrected chi connectivity index (χ4v) is 6.33. The molecule has 3 aliphatic rings. The van der Waals surface area contributed by atoms with Gasteiger partial charge in [-0.2, -0.15) is 0 Å². The minimum absolute atomic E-state index is 0.0328. The number of aliphatic hydroxyl groups excluding tert-OH is 1. The van der Waals surface area contributed by atoms with Crippen molar-refractivity contribution in [2.75, 3.05) is 23.7 Å². The Morgan fingerprint density at radius 3 is 2.24 bits per heavy atom. The molecule has 178 valence electrons. The molecule has 6 nitrogen and oxygen atoms in total. The average molecular weight is 458 g/mol. The molecule has 0 amide bonds. The van der Waals surface area contributed by atoms with Crippen LogP contribution in [0.1, 0.15) is 61.1 Å². The van der Waals surface area contributed by atoms with Gasteiger partial charge in [0.15, 0.2) is 0 Å². The first kappa shape index (κ1) is 22.7. The van der Waals surface area contributed by atoms with Crippen LogP contribution in [0.4, 0.5) is 17.3 Å². The third-order valence-electron chi connectivity index (χ3n) is 8.33. The molecule has 0 saturated heterocycles. The Morgan fingerprint density at radius 2 is 1.59 bits per heavy atom. The molecule has 2 bridgehead atoms. The molecule has 0 spiro atoms. The van der Waals surface area contributed by atoms with Crippen LogP contribution in [-0.2, 0) is 5.41 Å². The number of aliphatic hydroxyl groups is 1. The number of rotatable bonds is 7. The average Bonchev–Trinajstić information content (AvgIpc) is 2.86. The van der Waals surface area contributed by atoms with Crippen molar-refractivity contribution in [3.63, 3.8) is 0 Å². The summed E-state index contributed by atoms with van der Waals surface area (Å²) in [5, 5.41) is 15.1. The molecule has 0 aliphatic heterocycles. The number of aromatic nitrogens is 1. The normalized spacial score (nSPS) is 26.9. The fraction of sp³-hybridized carbons (Fsp3) is 0.393. The highest BCUT2D eigenvalue weighted by Gasteiger charge is 2.54. The molecule has 6 heteroatoms. The molecule has 3 aromatic rings. The van der Waals surface area contributed by atoms with Crippen LogP contribution in [0.2, 0.25) is 0 Å². The van der Waals surface area contributed by atoms with Crippen molar-refractivity contribution in [3.05, 3.63) is 83.4 Å². The van der Waals surface area contributed by atoms with Crippen LogP contribution in [-0.4, -0.2) is 28.3 Å². The lowest BCUT2D eigenvalue weighted by Crippen LogP contribution is -2.64. The second-order valence-corrected chi connectivity index (χ2v) is 10.1. The Labute approximate surface area is 201 Å². The molecule has 2 atom stereocenters. The van der Waals surface area contributed by atoms with Gasteiger partial charge in [0.1, 0.15) is 11.6 Å². The number of anilines is 3. The highest BCUT2D eigenvalue weighted by molar-refractivity contribution is 5.68. The zero-order valence-electron chi connectivity index (χ0n) is 19.6. The first-order chi connectivity index (χ1) is 16.4. The highest BCUT2D eigenvalue weighted by atomic mass is 16.3. The molecule has 2 aromatic carbocycles. The van der Waals surface area contributed by atoms with E-state index >= 15 is 0 Å². The first-order valence-electron chi connectivity index (χ1n) is 12.3. The van der Waals surface area contributed by atoms with Gasteiger partial charge in [-0.05, 0) is 73.2 Å². The summed E-state index contributed by atoms with van der Waals surface area (Å²) in [5.41, 5.74) is 22.2. The van der Waals surface area contributed by atoms with Gasteiger partial charge >= 0.3 is 0 Å². The molecule has 8 N–H and O–H groups in total. The van der Waals surface area contributed by atoms with Gasteiger partial charge in [-0.3, -0.25) is 0 Å².